The minimum Gasteiger partial charge on any atom is -0.328 e. The lowest BCUT2D eigenvalue weighted by molar-refractivity contribution is -0.896. The second-order valence-corrected chi connectivity index (χ2v) is 11.8. The lowest BCUT2D eigenvalue weighted by Gasteiger charge is -2.34. The summed E-state index contributed by atoms with van der Waals surface area (Å²) < 4.78 is 1.16. The topological polar surface area (TPSA) is 0 Å². The fourth-order valence-electron chi connectivity index (χ4n) is 5.18. The average molecular weight is 453 g/mol. The lowest BCUT2D eigenvalue weighted by atomic mass is 9.97. The monoisotopic (exact) mass is 453 g/mol. The van der Waals surface area contributed by atoms with Gasteiger partial charge in [0.25, 0.3) is 0 Å². The molecule has 0 aliphatic rings. The summed E-state index contributed by atoms with van der Waals surface area (Å²) in [7, 11) is 7.26. The predicted molar refractivity (Wildman–Crippen MR) is 149 cm³/mol. The lowest BCUT2D eigenvalue weighted by Crippen LogP contribution is -2.45. The van der Waals surface area contributed by atoms with Crippen molar-refractivity contribution in [2.45, 2.75) is 180 Å². The Kier molecular flexibility index (Phi) is 24.1. The number of hydrogen-bond acceptors (Lipinski definition) is 0. The fraction of sp³-hybridized carbons (Fsp3) is 1.00. The summed E-state index contributed by atoms with van der Waals surface area (Å²) >= 11 is 0. The quantitative estimate of drug-likeness (QED) is 0.0903. The summed E-state index contributed by atoms with van der Waals surface area (Å²) in [6, 6.07) is 0.872. The van der Waals surface area contributed by atoms with Crippen molar-refractivity contribution in [2.75, 3.05) is 21.1 Å². The van der Waals surface area contributed by atoms with Crippen LogP contribution in [0.15, 0.2) is 0 Å². The van der Waals surface area contributed by atoms with Crippen LogP contribution in [0.1, 0.15) is 174 Å². The molecule has 0 aliphatic carbocycles. The largest absolute Gasteiger partial charge is 0.328 e. The van der Waals surface area contributed by atoms with Gasteiger partial charge in [0.05, 0.1) is 27.2 Å². The number of rotatable bonds is 26. The Labute approximate surface area is 206 Å². The highest BCUT2D eigenvalue weighted by Crippen LogP contribution is 2.21. The van der Waals surface area contributed by atoms with Crippen LogP contribution < -0.4 is 0 Å². The molecule has 0 aromatic rings. The van der Waals surface area contributed by atoms with Gasteiger partial charge in [-0.3, -0.25) is 0 Å². The van der Waals surface area contributed by atoms with E-state index in [0.717, 1.165) is 10.5 Å². The van der Waals surface area contributed by atoms with Crippen molar-refractivity contribution in [3.63, 3.8) is 0 Å². The first kappa shape index (κ1) is 32.0. The van der Waals surface area contributed by atoms with E-state index in [1.165, 1.54) is 161 Å². The molecule has 0 saturated carbocycles. The van der Waals surface area contributed by atoms with E-state index in [1.54, 1.807) is 0 Å². The van der Waals surface area contributed by atoms with Gasteiger partial charge in [0.15, 0.2) is 0 Å². The van der Waals surface area contributed by atoms with E-state index < -0.39 is 0 Å². The maximum absolute atomic E-state index is 2.42. The summed E-state index contributed by atoms with van der Waals surface area (Å²) in [6.07, 6.45) is 36.4. The van der Waals surface area contributed by atoms with Gasteiger partial charge in [-0.05, 0) is 25.7 Å². The van der Waals surface area contributed by atoms with E-state index in [2.05, 4.69) is 35.0 Å². The minimum atomic E-state index is 0.872. The van der Waals surface area contributed by atoms with Gasteiger partial charge in [0, 0.05) is 0 Å². The van der Waals surface area contributed by atoms with E-state index in [9.17, 15) is 0 Å². The van der Waals surface area contributed by atoms with Crippen LogP contribution >= 0.6 is 0 Å². The van der Waals surface area contributed by atoms with Crippen molar-refractivity contribution in [3.05, 3.63) is 0 Å². The second kappa shape index (κ2) is 24.1. The van der Waals surface area contributed by atoms with Crippen molar-refractivity contribution in [1.82, 2.24) is 0 Å². The van der Waals surface area contributed by atoms with Gasteiger partial charge in [0.1, 0.15) is 0 Å². The summed E-state index contributed by atoms with van der Waals surface area (Å²) in [5.41, 5.74) is 0. The van der Waals surface area contributed by atoms with Crippen LogP contribution in [0.3, 0.4) is 0 Å². The van der Waals surface area contributed by atoms with Crippen LogP contribution in [0, 0.1) is 0 Å². The highest BCUT2D eigenvalue weighted by molar-refractivity contribution is 4.60. The maximum Gasteiger partial charge on any atom is 0.0884 e. The van der Waals surface area contributed by atoms with Crippen molar-refractivity contribution < 1.29 is 4.48 Å². The number of hydrogen-bond donors (Lipinski definition) is 0. The van der Waals surface area contributed by atoms with Gasteiger partial charge in [-0.15, -0.1) is 0 Å². The normalized spacial score (nSPS) is 13.0. The minimum absolute atomic E-state index is 0.872. The van der Waals surface area contributed by atoms with Crippen LogP contribution in [0.25, 0.3) is 0 Å². The molecule has 1 nitrogen and oxygen atoms in total. The Morgan fingerprint density at radius 3 is 0.781 bits per heavy atom. The summed E-state index contributed by atoms with van der Waals surface area (Å²) in [5, 5.41) is 0. The van der Waals surface area contributed by atoms with Gasteiger partial charge >= 0.3 is 0 Å². The molecule has 194 valence electrons. The molecule has 0 fully saturated rings. The number of nitrogens with zero attached hydrogens (tertiary/aromatic N) is 1. The molecule has 1 atom stereocenters. The molecule has 32 heavy (non-hydrogen) atoms. The summed E-state index contributed by atoms with van der Waals surface area (Å²) in [4.78, 5) is 0. The first-order chi connectivity index (χ1) is 15.5. The summed E-state index contributed by atoms with van der Waals surface area (Å²) in [5.74, 6) is 0. The molecule has 0 N–H and O–H groups in total. The zero-order chi connectivity index (χ0) is 23.8. The first-order valence-corrected chi connectivity index (χ1v) is 15.3. The molecule has 0 amide bonds. The van der Waals surface area contributed by atoms with Gasteiger partial charge in [-0.1, -0.05) is 149 Å². The van der Waals surface area contributed by atoms with E-state index in [-0.39, 0.29) is 0 Å². The van der Waals surface area contributed by atoms with Crippen molar-refractivity contribution in [3.8, 4) is 0 Å². The third-order valence-corrected chi connectivity index (χ3v) is 7.63. The smallest absolute Gasteiger partial charge is 0.0884 e. The number of unbranched alkanes of at least 4 members (excludes halogenated alkanes) is 21. The molecule has 0 aromatic carbocycles. The van der Waals surface area contributed by atoms with Crippen LogP contribution in [0.2, 0.25) is 0 Å². The van der Waals surface area contributed by atoms with Crippen molar-refractivity contribution in [2.24, 2.45) is 0 Å². The Bertz CT molecular complexity index is 343. The molecule has 0 bridgehead atoms. The molecule has 0 aromatic heterocycles. The van der Waals surface area contributed by atoms with E-state index in [1.807, 2.05) is 0 Å². The molecule has 0 aliphatic heterocycles. The number of quaternary nitrogens is 1. The highest BCUT2D eigenvalue weighted by atomic mass is 15.3. The Balaban J connectivity index is 3.57. The third-order valence-electron chi connectivity index (χ3n) is 7.63. The molecule has 1 unspecified atom stereocenters. The fourth-order valence-corrected chi connectivity index (χ4v) is 5.18. The average Bonchev–Trinajstić information content (AvgIpc) is 2.75. The van der Waals surface area contributed by atoms with Gasteiger partial charge < -0.3 is 4.48 Å². The molecule has 0 rings (SSSR count). The van der Waals surface area contributed by atoms with Crippen LogP contribution in [-0.2, 0) is 0 Å². The van der Waals surface area contributed by atoms with Gasteiger partial charge in [-0.25, -0.2) is 0 Å². The molecule has 0 radical (unpaired) electrons. The van der Waals surface area contributed by atoms with Crippen molar-refractivity contribution in [1.29, 1.82) is 0 Å². The maximum atomic E-state index is 2.42. The molecule has 1 heteroatoms. The van der Waals surface area contributed by atoms with Crippen LogP contribution in [0.4, 0.5) is 0 Å². The Hall–Kier alpha value is -0.0400. The zero-order valence-corrected chi connectivity index (χ0v) is 23.7. The van der Waals surface area contributed by atoms with Crippen LogP contribution in [-0.4, -0.2) is 31.7 Å². The second-order valence-electron chi connectivity index (χ2n) is 11.8. The molecule has 0 spiro atoms. The molecular formula is C31H66N+. The molecule has 0 heterocycles. The zero-order valence-electron chi connectivity index (χ0n) is 23.7. The van der Waals surface area contributed by atoms with Gasteiger partial charge in [0.2, 0.25) is 0 Å². The third kappa shape index (κ3) is 23.1. The predicted octanol–water partition coefficient (Wildman–Crippen LogP) is 10.9. The highest BCUT2D eigenvalue weighted by Gasteiger charge is 2.22. The SMILES string of the molecule is CCCCCCCCCCCCCCC(CCCCCCCCCCCCC)[N+](C)(C)C. The van der Waals surface area contributed by atoms with E-state index >= 15 is 0 Å². The first-order valence-electron chi connectivity index (χ1n) is 15.3. The Morgan fingerprint density at radius 2 is 0.562 bits per heavy atom. The summed E-state index contributed by atoms with van der Waals surface area (Å²) in [6.45, 7) is 4.61. The van der Waals surface area contributed by atoms with E-state index in [0.29, 0.717) is 0 Å². The van der Waals surface area contributed by atoms with Crippen LogP contribution in [0.5, 0.6) is 0 Å². The Morgan fingerprint density at radius 1 is 0.344 bits per heavy atom. The van der Waals surface area contributed by atoms with E-state index in [4.69, 9.17) is 0 Å². The van der Waals surface area contributed by atoms with Gasteiger partial charge in [-0.2, -0.15) is 0 Å². The van der Waals surface area contributed by atoms with Crippen molar-refractivity contribution >= 4 is 0 Å². The molecule has 0 saturated heterocycles. The molecular weight excluding hydrogens is 386 g/mol. The standard InChI is InChI=1S/C31H66N/c1-6-8-10-12-14-16-18-20-22-24-26-28-30-31(32(3,4)5)29-27-25-23-21-19-17-15-13-11-9-7-2/h31H,6-30H2,1-5H3/q+1.